The van der Waals surface area contributed by atoms with Gasteiger partial charge < -0.3 is 4.74 Å². The van der Waals surface area contributed by atoms with Crippen molar-refractivity contribution in [3.8, 4) is 11.8 Å². The first-order valence-electron chi connectivity index (χ1n) is 5.84. The van der Waals surface area contributed by atoms with Crippen molar-refractivity contribution in [1.82, 2.24) is 0 Å². The fourth-order valence-electron chi connectivity index (χ4n) is 1.53. The molecule has 0 saturated heterocycles. The van der Waals surface area contributed by atoms with Gasteiger partial charge in [-0.2, -0.15) is 5.26 Å². The van der Waals surface area contributed by atoms with Crippen LogP contribution in [0.3, 0.4) is 0 Å². The van der Waals surface area contributed by atoms with Crippen LogP contribution in [0.15, 0.2) is 22.7 Å². The number of benzene rings is 1. The second-order valence-corrected chi connectivity index (χ2v) is 5.65. The van der Waals surface area contributed by atoms with Gasteiger partial charge in [0.1, 0.15) is 0 Å². The minimum Gasteiger partial charge on any atom is -0.486 e. The lowest BCUT2D eigenvalue weighted by Crippen LogP contribution is -2.10. The van der Waals surface area contributed by atoms with Gasteiger partial charge in [-0.1, -0.05) is 6.07 Å². The standard InChI is InChI=1S/C13H15BrN2O3/c1-13(2,9-15)7-4-8-19-12-10(14)5-3-6-11(12)16(17)18/h3,5-6H,4,7-8H2,1-2H3. The van der Waals surface area contributed by atoms with Crippen molar-refractivity contribution in [1.29, 1.82) is 5.26 Å². The molecule has 0 atom stereocenters. The number of ether oxygens (including phenoxy) is 1. The van der Waals surface area contributed by atoms with E-state index in [2.05, 4.69) is 22.0 Å². The molecule has 1 rings (SSSR count). The summed E-state index contributed by atoms with van der Waals surface area (Å²) in [6.07, 6.45) is 1.35. The molecule has 102 valence electrons. The van der Waals surface area contributed by atoms with Crippen molar-refractivity contribution >= 4 is 21.6 Å². The van der Waals surface area contributed by atoms with Gasteiger partial charge in [0.05, 0.1) is 27.5 Å². The smallest absolute Gasteiger partial charge is 0.312 e. The predicted molar refractivity (Wildman–Crippen MR) is 74.9 cm³/mol. The Kier molecular flexibility index (Phi) is 5.31. The predicted octanol–water partition coefficient (Wildman–Crippen LogP) is 4.07. The van der Waals surface area contributed by atoms with Crippen LogP contribution in [0.4, 0.5) is 5.69 Å². The quantitative estimate of drug-likeness (QED) is 0.448. The van der Waals surface area contributed by atoms with Crippen LogP contribution in [0.5, 0.6) is 5.75 Å². The molecule has 0 aromatic heterocycles. The summed E-state index contributed by atoms with van der Waals surface area (Å²) in [5.74, 6) is 0.238. The lowest BCUT2D eigenvalue weighted by atomic mass is 9.90. The average molecular weight is 327 g/mol. The first kappa shape index (κ1) is 15.4. The lowest BCUT2D eigenvalue weighted by Gasteiger charge is -2.15. The molecule has 0 unspecified atom stereocenters. The minimum atomic E-state index is -0.473. The van der Waals surface area contributed by atoms with Crippen LogP contribution in [0.1, 0.15) is 26.7 Å². The molecule has 1 aromatic rings. The second kappa shape index (κ2) is 6.53. The van der Waals surface area contributed by atoms with E-state index in [0.717, 1.165) is 0 Å². The Bertz CT molecular complexity index is 509. The van der Waals surface area contributed by atoms with E-state index in [1.54, 1.807) is 12.1 Å². The number of halogens is 1. The summed E-state index contributed by atoms with van der Waals surface area (Å²) in [7, 11) is 0. The van der Waals surface area contributed by atoms with E-state index in [1.807, 2.05) is 13.8 Å². The maximum Gasteiger partial charge on any atom is 0.312 e. The Labute approximate surface area is 120 Å². The molecular weight excluding hydrogens is 312 g/mol. The van der Waals surface area contributed by atoms with E-state index in [0.29, 0.717) is 23.9 Å². The molecule has 1 aromatic carbocycles. The Hall–Kier alpha value is -1.61. The molecule has 5 nitrogen and oxygen atoms in total. The number of para-hydroxylation sites is 1. The third-order valence-corrected chi connectivity index (χ3v) is 3.26. The minimum absolute atomic E-state index is 0.0612. The highest BCUT2D eigenvalue weighted by molar-refractivity contribution is 9.10. The fourth-order valence-corrected chi connectivity index (χ4v) is 2.00. The number of hydrogen-bond donors (Lipinski definition) is 0. The second-order valence-electron chi connectivity index (χ2n) is 4.79. The van der Waals surface area contributed by atoms with Crippen LogP contribution in [-0.4, -0.2) is 11.5 Å². The molecule has 0 aliphatic rings. The zero-order valence-electron chi connectivity index (χ0n) is 10.9. The SMILES string of the molecule is CC(C)(C#N)CCCOc1c(Br)cccc1[N+](=O)[O-]. The molecule has 0 radical (unpaired) electrons. The molecule has 0 N–H and O–H groups in total. The van der Waals surface area contributed by atoms with Gasteiger partial charge in [0.2, 0.25) is 5.75 Å². The summed E-state index contributed by atoms with van der Waals surface area (Å²) < 4.78 is 6.03. The summed E-state index contributed by atoms with van der Waals surface area (Å²) >= 11 is 3.24. The highest BCUT2D eigenvalue weighted by Crippen LogP contribution is 2.35. The first-order chi connectivity index (χ1) is 8.87. The molecular formula is C13H15BrN2O3. The maximum absolute atomic E-state index is 10.9. The number of nitro groups is 1. The third kappa shape index (κ3) is 4.52. The normalized spacial score (nSPS) is 10.8. The molecule has 0 bridgehead atoms. The fraction of sp³-hybridized carbons (Fsp3) is 0.462. The molecule has 0 heterocycles. The zero-order chi connectivity index (χ0) is 14.5. The van der Waals surface area contributed by atoms with Crippen LogP contribution in [0, 0.1) is 26.9 Å². The number of nitriles is 1. The van der Waals surface area contributed by atoms with Gasteiger partial charge >= 0.3 is 5.69 Å². The molecule has 0 saturated carbocycles. The van der Waals surface area contributed by atoms with Crippen molar-refractivity contribution in [3.63, 3.8) is 0 Å². The molecule has 0 amide bonds. The highest BCUT2D eigenvalue weighted by atomic mass is 79.9. The van der Waals surface area contributed by atoms with Crippen LogP contribution in [0.25, 0.3) is 0 Å². The number of nitro benzene ring substituents is 1. The van der Waals surface area contributed by atoms with Crippen LogP contribution in [0.2, 0.25) is 0 Å². The number of hydrogen-bond acceptors (Lipinski definition) is 4. The van der Waals surface area contributed by atoms with Gasteiger partial charge in [-0.15, -0.1) is 0 Å². The van der Waals surface area contributed by atoms with E-state index in [4.69, 9.17) is 10.00 Å². The van der Waals surface area contributed by atoms with Gasteiger partial charge in [-0.05, 0) is 48.7 Å². The van der Waals surface area contributed by atoms with E-state index in [9.17, 15) is 10.1 Å². The molecule has 6 heteroatoms. The molecule has 0 aliphatic heterocycles. The van der Waals surface area contributed by atoms with Gasteiger partial charge in [0.25, 0.3) is 0 Å². The van der Waals surface area contributed by atoms with E-state index >= 15 is 0 Å². The lowest BCUT2D eigenvalue weighted by molar-refractivity contribution is -0.386. The Morgan fingerprint density at radius 3 is 2.79 bits per heavy atom. The van der Waals surface area contributed by atoms with E-state index < -0.39 is 10.3 Å². The molecule has 0 fully saturated rings. The maximum atomic E-state index is 10.9. The van der Waals surface area contributed by atoms with Crippen LogP contribution < -0.4 is 4.74 Å². The summed E-state index contributed by atoms with van der Waals surface area (Å²) in [4.78, 5) is 10.4. The molecule has 0 spiro atoms. The van der Waals surface area contributed by atoms with Crippen molar-refractivity contribution in [2.45, 2.75) is 26.7 Å². The van der Waals surface area contributed by atoms with Gasteiger partial charge in [0.15, 0.2) is 0 Å². The molecule has 19 heavy (non-hydrogen) atoms. The van der Waals surface area contributed by atoms with E-state index in [1.165, 1.54) is 6.07 Å². The van der Waals surface area contributed by atoms with E-state index in [-0.39, 0.29) is 11.4 Å². The number of rotatable bonds is 6. The largest absolute Gasteiger partial charge is 0.486 e. The average Bonchev–Trinajstić information content (AvgIpc) is 2.35. The summed E-state index contributed by atoms with van der Waals surface area (Å²) in [5.41, 5.74) is -0.461. The zero-order valence-corrected chi connectivity index (χ0v) is 12.4. The Morgan fingerprint density at radius 1 is 1.53 bits per heavy atom. The monoisotopic (exact) mass is 326 g/mol. The van der Waals surface area contributed by atoms with Crippen molar-refractivity contribution in [2.75, 3.05) is 6.61 Å². The van der Waals surface area contributed by atoms with Gasteiger partial charge in [-0.25, -0.2) is 0 Å². The summed E-state index contributed by atoms with van der Waals surface area (Å²) in [6, 6.07) is 6.90. The van der Waals surface area contributed by atoms with Gasteiger partial charge in [0, 0.05) is 6.07 Å². The van der Waals surface area contributed by atoms with Gasteiger partial charge in [-0.3, -0.25) is 10.1 Å². The summed E-state index contributed by atoms with van der Waals surface area (Å²) in [6.45, 7) is 4.05. The third-order valence-electron chi connectivity index (χ3n) is 2.64. The molecule has 0 aliphatic carbocycles. The number of nitrogens with zero attached hydrogens (tertiary/aromatic N) is 2. The first-order valence-corrected chi connectivity index (χ1v) is 6.63. The van der Waals surface area contributed by atoms with Crippen molar-refractivity contribution < 1.29 is 9.66 Å². The Balaban J connectivity index is 2.64. The Morgan fingerprint density at radius 2 is 2.21 bits per heavy atom. The van der Waals surface area contributed by atoms with Crippen LogP contribution >= 0.6 is 15.9 Å². The highest BCUT2D eigenvalue weighted by Gasteiger charge is 2.19. The topological polar surface area (TPSA) is 76.2 Å². The van der Waals surface area contributed by atoms with Crippen molar-refractivity contribution in [3.05, 3.63) is 32.8 Å². The van der Waals surface area contributed by atoms with Crippen LogP contribution in [-0.2, 0) is 0 Å². The summed E-state index contributed by atoms with van der Waals surface area (Å²) in [5, 5.41) is 19.8. The van der Waals surface area contributed by atoms with Crippen molar-refractivity contribution in [2.24, 2.45) is 5.41 Å².